The van der Waals surface area contributed by atoms with Crippen molar-refractivity contribution in [2.45, 2.75) is 30.6 Å². The number of nitrogens with zero attached hydrogens (tertiary/aromatic N) is 1. The average molecular weight is 471 g/mol. The number of anilines is 1. The van der Waals surface area contributed by atoms with Crippen molar-refractivity contribution in [3.05, 3.63) is 48.0 Å². The zero-order valence-corrected chi connectivity index (χ0v) is 19.4. The molecule has 0 amide bonds. The van der Waals surface area contributed by atoms with Gasteiger partial charge in [0, 0.05) is 13.1 Å². The number of hydrogen-bond acceptors (Lipinski definition) is 7. The van der Waals surface area contributed by atoms with Gasteiger partial charge in [0.15, 0.2) is 0 Å². The summed E-state index contributed by atoms with van der Waals surface area (Å²) in [6.45, 7) is 5.98. The Balaban J connectivity index is 2.47. The lowest BCUT2D eigenvalue weighted by molar-refractivity contribution is 0.0600. The highest BCUT2D eigenvalue weighted by molar-refractivity contribution is 7.92. The molecule has 2 rings (SSSR count). The zero-order valence-electron chi connectivity index (χ0n) is 17.8. The van der Waals surface area contributed by atoms with Crippen molar-refractivity contribution in [1.29, 1.82) is 0 Å². The topological polar surface area (TPSA) is 119 Å². The van der Waals surface area contributed by atoms with Crippen LogP contribution in [-0.4, -0.2) is 53.9 Å². The summed E-state index contributed by atoms with van der Waals surface area (Å²) >= 11 is 0. The molecule has 0 atom stereocenters. The summed E-state index contributed by atoms with van der Waals surface area (Å²) in [4.78, 5) is 11.4. The molecule has 0 saturated heterocycles. The van der Waals surface area contributed by atoms with Crippen molar-refractivity contribution in [3.63, 3.8) is 0 Å². The molecule has 0 aliphatic heterocycles. The number of sulfonamides is 2. The number of carbonyl (C=O) groups excluding carboxylic acids is 1. The minimum Gasteiger partial charge on any atom is -0.492 e. The Morgan fingerprint density at radius 1 is 0.935 bits per heavy atom. The van der Waals surface area contributed by atoms with Crippen LogP contribution in [-0.2, 0) is 24.8 Å². The molecule has 170 valence electrons. The van der Waals surface area contributed by atoms with Gasteiger partial charge in [-0.15, -0.1) is 0 Å². The number of methoxy groups -OCH3 is 1. The van der Waals surface area contributed by atoms with E-state index in [1.807, 2.05) is 0 Å². The van der Waals surface area contributed by atoms with Gasteiger partial charge in [-0.25, -0.2) is 21.6 Å². The molecule has 0 spiro atoms. The number of benzene rings is 2. The Morgan fingerprint density at radius 2 is 1.52 bits per heavy atom. The minimum absolute atomic E-state index is 0.00729. The normalized spacial score (nSPS) is 11.9. The highest BCUT2D eigenvalue weighted by Gasteiger charge is 2.25. The summed E-state index contributed by atoms with van der Waals surface area (Å²) in [5, 5.41) is 0. The third kappa shape index (κ3) is 5.54. The molecule has 0 saturated carbocycles. The molecule has 2 aromatic rings. The van der Waals surface area contributed by atoms with E-state index < -0.39 is 26.0 Å². The third-order valence-electron chi connectivity index (χ3n) is 4.42. The number of esters is 1. The lowest BCUT2D eigenvalue weighted by Gasteiger charge is -2.20. The molecule has 1 N–H and O–H groups in total. The second-order valence-corrected chi connectivity index (χ2v) is 9.92. The van der Waals surface area contributed by atoms with E-state index in [2.05, 4.69) is 9.46 Å². The van der Waals surface area contributed by atoms with Gasteiger partial charge in [-0.05, 0) is 49.4 Å². The van der Waals surface area contributed by atoms with Gasteiger partial charge in [0.1, 0.15) is 5.75 Å². The Kier molecular flexibility index (Phi) is 8.04. The fourth-order valence-corrected chi connectivity index (χ4v) is 5.38. The number of hydrogen-bond donors (Lipinski definition) is 1. The van der Waals surface area contributed by atoms with Crippen molar-refractivity contribution in [1.82, 2.24) is 4.31 Å². The van der Waals surface area contributed by atoms with E-state index >= 15 is 0 Å². The quantitative estimate of drug-likeness (QED) is 0.530. The fourth-order valence-electron chi connectivity index (χ4n) is 2.83. The Labute approximate surface area is 183 Å². The van der Waals surface area contributed by atoms with E-state index in [-0.39, 0.29) is 46.5 Å². The summed E-state index contributed by atoms with van der Waals surface area (Å²) < 4.78 is 65.2. The number of nitrogens with one attached hydrogen (secondary N) is 1. The van der Waals surface area contributed by atoms with E-state index in [9.17, 15) is 21.6 Å². The van der Waals surface area contributed by atoms with E-state index in [0.29, 0.717) is 0 Å². The van der Waals surface area contributed by atoms with Crippen LogP contribution < -0.4 is 9.46 Å². The van der Waals surface area contributed by atoms with E-state index in [0.717, 1.165) is 0 Å². The van der Waals surface area contributed by atoms with Crippen molar-refractivity contribution in [3.8, 4) is 5.75 Å². The third-order valence-corrected chi connectivity index (χ3v) is 7.85. The molecule has 9 nitrogen and oxygen atoms in total. The van der Waals surface area contributed by atoms with E-state index in [4.69, 9.17) is 4.74 Å². The van der Waals surface area contributed by atoms with Crippen molar-refractivity contribution >= 4 is 31.7 Å². The van der Waals surface area contributed by atoms with Gasteiger partial charge in [-0.1, -0.05) is 13.8 Å². The predicted octanol–water partition coefficient (Wildman–Crippen LogP) is 2.70. The van der Waals surface area contributed by atoms with E-state index in [1.54, 1.807) is 20.8 Å². The molecular formula is C20H26N2O7S2. The molecular weight excluding hydrogens is 444 g/mol. The van der Waals surface area contributed by atoms with Gasteiger partial charge < -0.3 is 9.47 Å². The molecule has 0 aliphatic rings. The molecule has 0 heterocycles. The lowest BCUT2D eigenvalue weighted by atomic mass is 10.2. The standard InChI is InChI=1S/C20H26N2O7S2/c1-5-22(6-2)31(26,27)17-12-13-19(29-7-3)18(14-17)21-30(24,25)16-10-8-15(9-11-16)20(23)28-4/h8-14,21H,5-7H2,1-4H3. The maximum atomic E-state index is 12.9. The average Bonchev–Trinajstić information content (AvgIpc) is 2.75. The molecule has 0 fully saturated rings. The van der Waals surface area contributed by atoms with Gasteiger partial charge in [-0.2, -0.15) is 4.31 Å². The monoisotopic (exact) mass is 470 g/mol. The van der Waals surface area contributed by atoms with Crippen LogP contribution in [0.25, 0.3) is 0 Å². The van der Waals surface area contributed by atoms with Crippen LogP contribution in [0.2, 0.25) is 0 Å². The second-order valence-electron chi connectivity index (χ2n) is 6.30. The van der Waals surface area contributed by atoms with E-state index in [1.165, 1.54) is 53.9 Å². The molecule has 0 aliphatic carbocycles. The highest BCUT2D eigenvalue weighted by atomic mass is 32.2. The summed E-state index contributed by atoms with van der Waals surface area (Å²) in [6, 6.07) is 9.19. The number of rotatable bonds is 10. The highest BCUT2D eigenvalue weighted by Crippen LogP contribution is 2.31. The smallest absolute Gasteiger partial charge is 0.337 e. The summed E-state index contributed by atoms with van der Waals surface area (Å²) in [5.41, 5.74) is 0.191. The fraction of sp³-hybridized carbons (Fsp3) is 0.350. The first-order valence-electron chi connectivity index (χ1n) is 9.58. The molecule has 0 unspecified atom stereocenters. The van der Waals surface area contributed by atoms with Gasteiger partial charge in [-0.3, -0.25) is 4.72 Å². The molecule has 11 heteroatoms. The molecule has 2 aromatic carbocycles. The summed E-state index contributed by atoms with van der Waals surface area (Å²) in [5.74, 6) is -0.402. The van der Waals surface area contributed by atoms with Gasteiger partial charge in [0.25, 0.3) is 10.0 Å². The number of ether oxygens (including phenoxy) is 2. The van der Waals surface area contributed by atoms with Gasteiger partial charge in [0.2, 0.25) is 10.0 Å². The summed E-state index contributed by atoms with van der Waals surface area (Å²) in [7, 11) is -6.66. The van der Waals surface area contributed by atoms with Crippen LogP contribution in [0.15, 0.2) is 52.3 Å². The van der Waals surface area contributed by atoms with Crippen LogP contribution in [0.4, 0.5) is 5.69 Å². The first kappa shape index (κ1) is 24.6. The van der Waals surface area contributed by atoms with Crippen LogP contribution in [0.3, 0.4) is 0 Å². The molecule has 0 radical (unpaired) electrons. The molecule has 31 heavy (non-hydrogen) atoms. The SMILES string of the molecule is CCOc1ccc(S(=O)(=O)N(CC)CC)cc1NS(=O)(=O)c1ccc(C(=O)OC)cc1. The van der Waals surface area contributed by atoms with Gasteiger partial charge in [0.05, 0.1) is 34.8 Å². The van der Waals surface area contributed by atoms with Crippen LogP contribution in [0.5, 0.6) is 5.75 Å². The first-order valence-corrected chi connectivity index (χ1v) is 12.5. The van der Waals surface area contributed by atoms with Gasteiger partial charge >= 0.3 is 5.97 Å². The zero-order chi connectivity index (χ0) is 23.2. The van der Waals surface area contributed by atoms with Crippen LogP contribution in [0, 0.1) is 0 Å². The maximum Gasteiger partial charge on any atom is 0.337 e. The van der Waals surface area contributed by atoms with Crippen molar-refractivity contribution < 1.29 is 31.1 Å². The molecule has 0 aromatic heterocycles. The second kappa shape index (κ2) is 10.1. The van der Waals surface area contributed by atoms with Crippen molar-refractivity contribution in [2.24, 2.45) is 0 Å². The maximum absolute atomic E-state index is 12.9. The van der Waals surface area contributed by atoms with Crippen LogP contribution >= 0.6 is 0 Å². The largest absolute Gasteiger partial charge is 0.492 e. The minimum atomic E-state index is -4.09. The lowest BCUT2D eigenvalue weighted by Crippen LogP contribution is -2.30. The Hall–Kier alpha value is -2.63. The van der Waals surface area contributed by atoms with Crippen LogP contribution in [0.1, 0.15) is 31.1 Å². The predicted molar refractivity (Wildman–Crippen MR) is 116 cm³/mol. The van der Waals surface area contributed by atoms with Crippen molar-refractivity contribution in [2.75, 3.05) is 31.5 Å². The summed E-state index contributed by atoms with van der Waals surface area (Å²) in [6.07, 6.45) is 0. The number of carbonyl (C=O) groups is 1. The first-order chi connectivity index (χ1) is 14.6. The molecule has 0 bridgehead atoms. The Bertz CT molecular complexity index is 1120. The Morgan fingerprint density at radius 3 is 2.03 bits per heavy atom.